The molecule has 3 amide bonds. The minimum absolute atomic E-state index is 0.0744. The molecule has 2 aromatic carbocycles. The maximum absolute atomic E-state index is 12.4. The van der Waals surface area contributed by atoms with Crippen LogP contribution in [0.5, 0.6) is 5.75 Å². The number of fused-ring (bicyclic) bond motifs is 1. The van der Waals surface area contributed by atoms with Gasteiger partial charge in [0.05, 0.1) is 18.2 Å². The summed E-state index contributed by atoms with van der Waals surface area (Å²) in [4.78, 5) is 38.1. The van der Waals surface area contributed by atoms with Crippen LogP contribution in [0.3, 0.4) is 0 Å². The Bertz CT molecular complexity index is 936. The topological polar surface area (TPSA) is 75.7 Å². The average molecular weight is 380 g/mol. The van der Waals surface area contributed by atoms with Crippen molar-refractivity contribution < 1.29 is 19.1 Å². The van der Waals surface area contributed by atoms with Gasteiger partial charge in [-0.1, -0.05) is 29.3 Å². The summed E-state index contributed by atoms with van der Waals surface area (Å²) < 4.78 is 5.34. The van der Waals surface area contributed by atoms with Gasteiger partial charge in [-0.3, -0.25) is 19.3 Å². The summed E-state index contributed by atoms with van der Waals surface area (Å²) >= 11 is 0. The Hall–Kier alpha value is -3.15. The highest BCUT2D eigenvalue weighted by Gasteiger charge is 2.35. The molecule has 1 N–H and O–H groups in total. The van der Waals surface area contributed by atoms with Crippen LogP contribution in [0.2, 0.25) is 0 Å². The first-order valence-corrected chi connectivity index (χ1v) is 9.27. The van der Waals surface area contributed by atoms with Crippen LogP contribution in [0.15, 0.2) is 36.4 Å². The van der Waals surface area contributed by atoms with Gasteiger partial charge in [0.1, 0.15) is 5.75 Å². The van der Waals surface area contributed by atoms with Crippen molar-refractivity contribution in [2.75, 3.05) is 20.2 Å². The van der Waals surface area contributed by atoms with Crippen LogP contribution in [-0.2, 0) is 11.2 Å². The van der Waals surface area contributed by atoms with E-state index in [1.165, 1.54) is 0 Å². The van der Waals surface area contributed by atoms with Crippen molar-refractivity contribution >= 4 is 17.7 Å². The van der Waals surface area contributed by atoms with Crippen molar-refractivity contribution in [2.45, 2.75) is 26.7 Å². The summed E-state index contributed by atoms with van der Waals surface area (Å²) in [7, 11) is 1.62. The molecule has 1 aliphatic rings. The van der Waals surface area contributed by atoms with Gasteiger partial charge in [-0.15, -0.1) is 0 Å². The van der Waals surface area contributed by atoms with E-state index in [1.54, 1.807) is 25.3 Å². The first-order valence-electron chi connectivity index (χ1n) is 9.27. The lowest BCUT2D eigenvalue weighted by Gasteiger charge is -2.14. The molecular formula is C22H24N2O4. The molecule has 6 nitrogen and oxygen atoms in total. The van der Waals surface area contributed by atoms with Crippen LogP contribution >= 0.6 is 0 Å². The number of hydrogen-bond donors (Lipinski definition) is 1. The van der Waals surface area contributed by atoms with Crippen molar-refractivity contribution in [3.63, 3.8) is 0 Å². The molecule has 0 fully saturated rings. The number of carbonyl (C=O) groups is 3. The second kappa shape index (κ2) is 8.25. The second-order valence-electron chi connectivity index (χ2n) is 6.98. The molecule has 2 aromatic rings. The van der Waals surface area contributed by atoms with Crippen LogP contribution in [0.25, 0.3) is 0 Å². The third-order valence-corrected chi connectivity index (χ3v) is 4.84. The molecule has 1 aliphatic heterocycles. The zero-order valence-corrected chi connectivity index (χ0v) is 16.4. The fraction of sp³-hybridized carbons (Fsp3) is 0.318. The Morgan fingerprint density at radius 3 is 2.43 bits per heavy atom. The number of nitrogens with one attached hydrogen (secondary N) is 1. The minimum Gasteiger partial charge on any atom is -0.496 e. The predicted octanol–water partition coefficient (Wildman–Crippen LogP) is 2.66. The maximum Gasteiger partial charge on any atom is 0.261 e. The summed E-state index contributed by atoms with van der Waals surface area (Å²) in [5.74, 6) is -0.0705. The van der Waals surface area contributed by atoms with Gasteiger partial charge in [0.25, 0.3) is 11.8 Å². The number of nitrogens with zero attached hydrogens (tertiary/aromatic N) is 1. The molecule has 0 saturated heterocycles. The zero-order chi connectivity index (χ0) is 20.3. The lowest BCUT2D eigenvalue weighted by molar-refractivity contribution is -0.121. The minimum atomic E-state index is -0.336. The van der Waals surface area contributed by atoms with E-state index in [9.17, 15) is 14.4 Å². The fourth-order valence-electron chi connectivity index (χ4n) is 3.35. The third kappa shape index (κ3) is 4.06. The highest BCUT2D eigenvalue weighted by Crippen LogP contribution is 2.24. The summed E-state index contributed by atoms with van der Waals surface area (Å²) in [6.07, 6.45) is 0.721. The molecule has 0 aliphatic carbocycles. The Morgan fingerprint density at radius 2 is 1.68 bits per heavy atom. The van der Waals surface area contributed by atoms with E-state index < -0.39 is 0 Å². The quantitative estimate of drug-likeness (QED) is 0.750. The molecule has 146 valence electrons. The first-order chi connectivity index (χ1) is 13.4. The maximum atomic E-state index is 12.4. The smallest absolute Gasteiger partial charge is 0.261 e. The molecule has 6 heteroatoms. The van der Waals surface area contributed by atoms with Gasteiger partial charge in [-0.05, 0) is 44.0 Å². The van der Waals surface area contributed by atoms with E-state index in [0.717, 1.165) is 27.3 Å². The predicted molar refractivity (Wildman–Crippen MR) is 106 cm³/mol. The van der Waals surface area contributed by atoms with Crippen molar-refractivity contribution in [1.82, 2.24) is 10.2 Å². The Labute approximate surface area is 164 Å². The zero-order valence-electron chi connectivity index (χ0n) is 16.4. The summed E-state index contributed by atoms with van der Waals surface area (Å²) in [5.41, 5.74) is 3.90. The third-order valence-electron chi connectivity index (χ3n) is 4.84. The summed E-state index contributed by atoms with van der Waals surface area (Å²) in [5, 5.41) is 2.84. The fourth-order valence-corrected chi connectivity index (χ4v) is 3.35. The molecule has 0 unspecified atom stereocenters. The van der Waals surface area contributed by atoms with Crippen molar-refractivity contribution in [3.8, 4) is 5.75 Å². The molecular weight excluding hydrogens is 356 g/mol. The van der Waals surface area contributed by atoms with E-state index in [1.807, 2.05) is 32.0 Å². The number of methoxy groups -OCH3 is 1. The molecule has 28 heavy (non-hydrogen) atoms. The van der Waals surface area contributed by atoms with Crippen molar-refractivity contribution in [3.05, 3.63) is 64.2 Å². The first kappa shape index (κ1) is 19.6. The standard InChI is InChI=1S/C22H24N2O4/c1-14-5-7-19(28-3)16(12-14)8-10-23-20(25)9-11-24-21(26)17-6-4-15(2)13-18(17)22(24)27/h4-7,12-13H,8-11H2,1-3H3,(H,23,25). The number of benzene rings is 2. The molecule has 3 rings (SSSR count). The van der Waals surface area contributed by atoms with Crippen LogP contribution < -0.4 is 10.1 Å². The van der Waals surface area contributed by atoms with Crippen LogP contribution in [-0.4, -0.2) is 42.8 Å². The summed E-state index contributed by atoms with van der Waals surface area (Å²) in [6, 6.07) is 11.1. The van der Waals surface area contributed by atoms with Crippen molar-refractivity contribution in [2.24, 2.45) is 0 Å². The number of ether oxygens (including phenoxy) is 1. The average Bonchev–Trinajstić information content (AvgIpc) is 2.90. The monoisotopic (exact) mass is 380 g/mol. The summed E-state index contributed by atoms with van der Waals surface area (Å²) in [6.45, 7) is 4.41. The SMILES string of the molecule is COc1ccc(C)cc1CCNC(=O)CCN1C(=O)c2ccc(C)cc2C1=O. The molecule has 0 radical (unpaired) electrons. The van der Waals surface area contributed by atoms with Gasteiger partial charge in [0, 0.05) is 19.5 Å². The lowest BCUT2D eigenvalue weighted by Crippen LogP contribution is -2.35. The molecule has 0 bridgehead atoms. The number of amides is 3. The highest BCUT2D eigenvalue weighted by atomic mass is 16.5. The number of rotatable bonds is 7. The van der Waals surface area contributed by atoms with E-state index in [-0.39, 0.29) is 30.7 Å². The van der Waals surface area contributed by atoms with E-state index in [2.05, 4.69) is 5.32 Å². The van der Waals surface area contributed by atoms with Gasteiger partial charge in [-0.2, -0.15) is 0 Å². The molecule has 0 atom stereocenters. The van der Waals surface area contributed by atoms with E-state index in [4.69, 9.17) is 4.74 Å². The normalized spacial score (nSPS) is 12.9. The Morgan fingerprint density at radius 1 is 1.00 bits per heavy atom. The van der Waals surface area contributed by atoms with Gasteiger partial charge in [0.2, 0.25) is 5.91 Å². The molecule has 1 heterocycles. The number of imide groups is 1. The van der Waals surface area contributed by atoms with E-state index >= 15 is 0 Å². The number of hydrogen-bond acceptors (Lipinski definition) is 4. The van der Waals surface area contributed by atoms with Crippen LogP contribution in [0.1, 0.15) is 43.8 Å². The van der Waals surface area contributed by atoms with Crippen LogP contribution in [0, 0.1) is 13.8 Å². The van der Waals surface area contributed by atoms with Gasteiger partial charge in [-0.25, -0.2) is 0 Å². The number of aryl methyl sites for hydroxylation is 2. The molecule has 0 spiro atoms. The van der Waals surface area contributed by atoms with E-state index in [0.29, 0.717) is 24.1 Å². The highest BCUT2D eigenvalue weighted by molar-refractivity contribution is 6.21. The largest absolute Gasteiger partial charge is 0.496 e. The Balaban J connectivity index is 1.51. The van der Waals surface area contributed by atoms with Crippen molar-refractivity contribution in [1.29, 1.82) is 0 Å². The molecule has 0 saturated carbocycles. The van der Waals surface area contributed by atoms with Gasteiger partial charge < -0.3 is 10.1 Å². The van der Waals surface area contributed by atoms with Crippen LogP contribution in [0.4, 0.5) is 0 Å². The number of carbonyl (C=O) groups excluding carboxylic acids is 3. The Kier molecular flexibility index (Phi) is 5.78. The van der Waals surface area contributed by atoms with Gasteiger partial charge in [0.15, 0.2) is 0 Å². The second-order valence-corrected chi connectivity index (χ2v) is 6.98. The van der Waals surface area contributed by atoms with Gasteiger partial charge >= 0.3 is 0 Å². The lowest BCUT2D eigenvalue weighted by atomic mass is 10.1. The molecule has 0 aromatic heterocycles.